The van der Waals surface area contributed by atoms with E-state index in [1.54, 1.807) is 0 Å². The molecule has 1 rings (SSSR count). The molecular formula is C13H24BrNO3S. The van der Waals surface area contributed by atoms with Gasteiger partial charge in [-0.2, -0.15) is 0 Å². The molecule has 0 aromatic heterocycles. The summed E-state index contributed by atoms with van der Waals surface area (Å²) in [6, 6.07) is 0. The molecular weight excluding hydrogens is 330 g/mol. The van der Waals surface area contributed by atoms with Gasteiger partial charge in [0, 0.05) is 11.4 Å². The summed E-state index contributed by atoms with van der Waals surface area (Å²) in [4.78, 5) is 12.1. The van der Waals surface area contributed by atoms with E-state index in [0.717, 1.165) is 12.8 Å². The molecule has 112 valence electrons. The van der Waals surface area contributed by atoms with Crippen molar-refractivity contribution < 1.29 is 13.2 Å². The van der Waals surface area contributed by atoms with Gasteiger partial charge in [-0.05, 0) is 24.7 Å². The van der Waals surface area contributed by atoms with Crippen molar-refractivity contribution in [3.05, 3.63) is 0 Å². The van der Waals surface area contributed by atoms with Gasteiger partial charge in [0.1, 0.15) is 5.25 Å². The average Bonchev–Trinajstić information content (AvgIpc) is 2.23. The summed E-state index contributed by atoms with van der Waals surface area (Å²) in [7, 11) is -3.23. The van der Waals surface area contributed by atoms with Gasteiger partial charge in [0.2, 0.25) is 5.91 Å². The number of nitrogens with one attached hydrogen (secondary N) is 1. The molecule has 1 amide bonds. The maximum Gasteiger partial charge on any atom is 0.238 e. The monoisotopic (exact) mass is 353 g/mol. The summed E-state index contributed by atoms with van der Waals surface area (Å²) >= 11 is 3.53. The summed E-state index contributed by atoms with van der Waals surface area (Å²) in [6.07, 6.45) is 2.87. The third-order valence-electron chi connectivity index (χ3n) is 3.20. The molecule has 1 aliphatic heterocycles. The standard InChI is InChI=1S/C13H24BrNO3S/c1-13(2,3)8-10(14)9-15-12(16)11-6-4-5-7-19(11,17)18/h10-11H,4-9H2,1-3H3,(H,15,16). The summed E-state index contributed by atoms with van der Waals surface area (Å²) in [6.45, 7) is 6.88. The quantitative estimate of drug-likeness (QED) is 0.788. The summed E-state index contributed by atoms with van der Waals surface area (Å²) in [5.74, 6) is -0.191. The third-order valence-corrected chi connectivity index (χ3v) is 6.02. The SMILES string of the molecule is CC(C)(C)CC(Br)CNC(=O)C1CCCCS1(=O)=O. The van der Waals surface area contributed by atoms with Crippen LogP contribution in [-0.2, 0) is 14.6 Å². The molecule has 1 saturated heterocycles. The van der Waals surface area contributed by atoms with Gasteiger partial charge in [-0.25, -0.2) is 8.42 Å². The zero-order chi connectivity index (χ0) is 14.7. The predicted octanol–water partition coefficient (Wildman–Crippen LogP) is 2.27. The topological polar surface area (TPSA) is 63.2 Å². The van der Waals surface area contributed by atoms with Crippen molar-refractivity contribution in [3.63, 3.8) is 0 Å². The Kier molecular flexibility index (Phi) is 5.86. The Morgan fingerprint density at radius 1 is 1.37 bits per heavy atom. The number of sulfone groups is 1. The van der Waals surface area contributed by atoms with Gasteiger partial charge in [-0.3, -0.25) is 4.79 Å². The van der Waals surface area contributed by atoms with Gasteiger partial charge < -0.3 is 5.32 Å². The molecule has 0 aromatic carbocycles. The number of carbonyl (C=O) groups is 1. The highest BCUT2D eigenvalue weighted by Crippen LogP contribution is 2.24. The van der Waals surface area contributed by atoms with Crippen molar-refractivity contribution in [2.45, 2.75) is 56.5 Å². The lowest BCUT2D eigenvalue weighted by Gasteiger charge is -2.24. The van der Waals surface area contributed by atoms with Gasteiger partial charge in [-0.15, -0.1) is 0 Å². The first-order chi connectivity index (χ1) is 8.62. The Labute approximate surface area is 124 Å². The molecule has 1 heterocycles. The van der Waals surface area contributed by atoms with Gasteiger partial charge >= 0.3 is 0 Å². The third kappa shape index (κ3) is 5.81. The first-order valence-electron chi connectivity index (χ1n) is 6.75. The van der Waals surface area contributed by atoms with E-state index in [4.69, 9.17) is 0 Å². The highest BCUT2D eigenvalue weighted by Gasteiger charge is 2.34. The van der Waals surface area contributed by atoms with E-state index in [2.05, 4.69) is 42.0 Å². The van der Waals surface area contributed by atoms with E-state index in [0.29, 0.717) is 19.4 Å². The van der Waals surface area contributed by atoms with Crippen LogP contribution in [0.2, 0.25) is 0 Å². The fraction of sp³-hybridized carbons (Fsp3) is 0.923. The molecule has 0 aromatic rings. The van der Waals surface area contributed by atoms with Crippen LogP contribution in [-0.4, -0.2) is 36.7 Å². The lowest BCUT2D eigenvalue weighted by Crippen LogP contribution is -2.44. The van der Waals surface area contributed by atoms with Crippen LogP contribution < -0.4 is 5.32 Å². The van der Waals surface area contributed by atoms with E-state index < -0.39 is 15.1 Å². The van der Waals surface area contributed by atoms with Crippen molar-refractivity contribution >= 4 is 31.7 Å². The molecule has 2 unspecified atom stereocenters. The number of hydrogen-bond donors (Lipinski definition) is 1. The van der Waals surface area contributed by atoms with Gasteiger partial charge in [0.05, 0.1) is 5.75 Å². The van der Waals surface area contributed by atoms with Gasteiger partial charge in [0.25, 0.3) is 0 Å². The Morgan fingerprint density at radius 3 is 2.53 bits per heavy atom. The average molecular weight is 354 g/mol. The number of hydrogen-bond acceptors (Lipinski definition) is 3. The van der Waals surface area contributed by atoms with Crippen LogP contribution in [0.3, 0.4) is 0 Å². The van der Waals surface area contributed by atoms with Crippen LogP contribution in [0.15, 0.2) is 0 Å². The summed E-state index contributed by atoms with van der Waals surface area (Å²) in [5.41, 5.74) is 0.176. The molecule has 0 aliphatic carbocycles. The van der Waals surface area contributed by atoms with Crippen LogP contribution in [0.1, 0.15) is 46.5 Å². The molecule has 1 aliphatic rings. The Morgan fingerprint density at radius 2 is 2.00 bits per heavy atom. The Bertz CT molecular complexity index is 414. The Hall–Kier alpha value is -0.100. The summed E-state index contributed by atoms with van der Waals surface area (Å²) in [5, 5.41) is 1.93. The van der Waals surface area contributed by atoms with E-state index in [1.165, 1.54) is 0 Å². The van der Waals surface area contributed by atoms with E-state index in [1.807, 2.05) is 0 Å². The molecule has 0 saturated carbocycles. The molecule has 0 spiro atoms. The van der Waals surface area contributed by atoms with Crippen LogP contribution in [0, 0.1) is 5.41 Å². The van der Waals surface area contributed by atoms with E-state index >= 15 is 0 Å². The van der Waals surface area contributed by atoms with Crippen LogP contribution in [0.4, 0.5) is 0 Å². The minimum atomic E-state index is -3.23. The second-order valence-electron chi connectivity index (χ2n) is 6.46. The molecule has 0 bridgehead atoms. The molecule has 19 heavy (non-hydrogen) atoms. The molecule has 2 atom stereocenters. The van der Waals surface area contributed by atoms with Crippen molar-refractivity contribution in [2.75, 3.05) is 12.3 Å². The number of carbonyl (C=O) groups excluding carboxylic acids is 1. The summed E-state index contributed by atoms with van der Waals surface area (Å²) < 4.78 is 23.6. The second kappa shape index (κ2) is 6.57. The molecule has 1 N–H and O–H groups in total. The van der Waals surface area contributed by atoms with Crippen LogP contribution in [0.5, 0.6) is 0 Å². The lowest BCUT2D eigenvalue weighted by atomic mass is 9.90. The maximum absolute atomic E-state index is 12.0. The fourth-order valence-corrected chi connectivity index (χ4v) is 5.27. The van der Waals surface area contributed by atoms with Gasteiger partial charge in [-0.1, -0.05) is 43.1 Å². The zero-order valence-corrected chi connectivity index (χ0v) is 14.3. The minimum Gasteiger partial charge on any atom is -0.354 e. The number of amides is 1. The highest BCUT2D eigenvalue weighted by molar-refractivity contribution is 9.09. The molecule has 1 fully saturated rings. The first-order valence-corrected chi connectivity index (χ1v) is 9.38. The van der Waals surface area contributed by atoms with E-state index in [9.17, 15) is 13.2 Å². The molecule has 0 radical (unpaired) electrons. The number of alkyl halides is 1. The number of halogens is 1. The normalized spacial score (nSPS) is 24.7. The van der Waals surface area contributed by atoms with Crippen LogP contribution in [0.25, 0.3) is 0 Å². The highest BCUT2D eigenvalue weighted by atomic mass is 79.9. The van der Waals surface area contributed by atoms with Crippen molar-refractivity contribution in [2.24, 2.45) is 5.41 Å². The minimum absolute atomic E-state index is 0.144. The van der Waals surface area contributed by atoms with Crippen molar-refractivity contribution in [1.29, 1.82) is 0 Å². The van der Waals surface area contributed by atoms with Crippen molar-refractivity contribution in [3.8, 4) is 0 Å². The van der Waals surface area contributed by atoms with Crippen molar-refractivity contribution in [1.82, 2.24) is 5.32 Å². The second-order valence-corrected chi connectivity index (χ2v) is 10.1. The maximum atomic E-state index is 12.0. The van der Waals surface area contributed by atoms with Gasteiger partial charge in [0.15, 0.2) is 9.84 Å². The predicted molar refractivity (Wildman–Crippen MR) is 81.2 cm³/mol. The molecule has 4 nitrogen and oxygen atoms in total. The van der Waals surface area contributed by atoms with Crippen LogP contribution >= 0.6 is 15.9 Å². The van der Waals surface area contributed by atoms with E-state index in [-0.39, 0.29) is 21.9 Å². The largest absolute Gasteiger partial charge is 0.354 e. The zero-order valence-electron chi connectivity index (χ0n) is 11.9. The smallest absolute Gasteiger partial charge is 0.238 e. The fourth-order valence-electron chi connectivity index (χ4n) is 2.31. The Balaban J connectivity index is 2.47. The number of rotatable bonds is 4. The molecule has 6 heteroatoms. The lowest BCUT2D eigenvalue weighted by molar-refractivity contribution is -0.120. The first kappa shape index (κ1) is 17.0.